The first kappa shape index (κ1) is 31.7. The van der Waals surface area contributed by atoms with E-state index < -0.39 is 11.9 Å². The largest absolute Gasteiger partial charge is 0.482 e. The highest BCUT2D eigenvalue weighted by molar-refractivity contribution is 6.06. The molecule has 10 nitrogen and oxygen atoms in total. The minimum atomic E-state index is -0.563. The molecule has 0 saturated carbocycles. The van der Waals surface area contributed by atoms with Crippen molar-refractivity contribution < 1.29 is 23.9 Å². The molecular formula is C32H39N5O5. The Hall–Kier alpha value is -4.86. The summed E-state index contributed by atoms with van der Waals surface area (Å²) in [6.07, 6.45) is 0.819. The van der Waals surface area contributed by atoms with E-state index in [1.54, 1.807) is 60.5 Å². The van der Waals surface area contributed by atoms with Gasteiger partial charge in [-0.3, -0.25) is 19.3 Å². The Morgan fingerprint density at radius 2 is 1.55 bits per heavy atom. The standard InChI is InChI=1S/C32H39N5O5/c1-5-19-36(6-2)31(40)23-42-28-18-11-10-17-27(28)37(22-30(39)35(4)26-15-8-7-9-16-26)29(38)21-33-32(41)34-25-14-12-13-24(3)20-25/h7-18,20H,5-6,19,21-23H2,1-4H3,(H2,33,34,41). The number of anilines is 3. The number of benzene rings is 3. The molecule has 0 spiro atoms. The van der Waals surface area contributed by atoms with E-state index in [1.807, 2.05) is 51.1 Å². The number of urea groups is 1. The average Bonchev–Trinajstić information content (AvgIpc) is 3.00. The number of carbonyl (C=O) groups excluding carboxylic acids is 4. The summed E-state index contributed by atoms with van der Waals surface area (Å²) in [5, 5.41) is 5.28. The van der Waals surface area contributed by atoms with Crippen molar-refractivity contribution >= 4 is 40.8 Å². The van der Waals surface area contributed by atoms with Gasteiger partial charge in [-0.2, -0.15) is 0 Å². The summed E-state index contributed by atoms with van der Waals surface area (Å²) >= 11 is 0. The molecule has 0 saturated heterocycles. The number of hydrogen-bond donors (Lipinski definition) is 2. The maximum atomic E-state index is 13.6. The van der Waals surface area contributed by atoms with Crippen LogP contribution in [0.1, 0.15) is 25.8 Å². The number of carbonyl (C=O) groups is 4. The first-order chi connectivity index (χ1) is 20.2. The highest BCUT2D eigenvalue weighted by Crippen LogP contribution is 2.29. The third kappa shape index (κ3) is 9.09. The van der Waals surface area contributed by atoms with Crippen molar-refractivity contribution in [3.8, 4) is 5.75 Å². The number of nitrogens with zero attached hydrogens (tertiary/aromatic N) is 3. The molecule has 0 unspecified atom stereocenters. The van der Waals surface area contributed by atoms with Gasteiger partial charge in [0.15, 0.2) is 6.61 Å². The van der Waals surface area contributed by atoms with E-state index in [1.165, 1.54) is 9.80 Å². The van der Waals surface area contributed by atoms with Crippen LogP contribution in [-0.4, -0.2) is 68.5 Å². The van der Waals surface area contributed by atoms with Crippen molar-refractivity contribution in [2.75, 3.05) is 55.0 Å². The van der Waals surface area contributed by atoms with Crippen molar-refractivity contribution in [1.82, 2.24) is 10.2 Å². The van der Waals surface area contributed by atoms with Crippen LogP contribution in [0.25, 0.3) is 0 Å². The Balaban J connectivity index is 1.81. The quantitative estimate of drug-likeness (QED) is 0.314. The highest BCUT2D eigenvalue weighted by atomic mass is 16.5. The summed E-state index contributed by atoms with van der Waals surface area (Å²) in [6, 6.07) is 22.5. The first-order valence-corrected chi connectivity index (χ1v) is 14.0. The van der Waals surface area contributed by atoms with E-state index in [2.05, 4.69) is 10.6 Å². The molecule has 3 aromatic carbocycles. The summed E-state index contributed by atoms with van der Waals surface area (Å²) in [7, 11) is 1.63. The second kappa shape index (κ2) is 15.8. The van der Waals surface area contributed by atoms with Gasteiger partial charge < -0.3 is 25.2 Å². The molecule has 3 rings (SSSR count). The normalized spacial score (nSPS) is 10.4. The van der Waals surface area contributed by atoms with Crippen molar-refractivity contribution in [1.29, 1.82) is 0 Å². The van der Waals surface area contributed by atoms with Crippen LogP contribution in [0, 0.1) is 6.92 Å². The summed E-state index contributed by atoms with van der Waals surface area (Å²) in [6.45, 7) is 6.05. The van der Waals surface area contributed by atoms with E-state index in [9.17, 15) is 19.2 Å². The predicted octanol–water partition coefficient (Wildman–Crippen LogP) is 4.45. The van der Waals surface area contributed by atoms with E-state index in [4.69, 9.17) is 4.74 Å². The van der Waals surface area contributed by atoms with E-state index >= 15 is 0 Å². The van der Waals surface area contributed by atoms with Crippen LogP contribution >= 0.6 is 0 Å². The van der Waals surface area contributed by atoms with Crippen molar-refractivity contribution in [3.05, 3.63) is 84.4 Å². The molecule has 42 heavy (non-hydrogen) atoms. The van der Waals surface area contributed by atoms with Crippen LogP contribution in [0.2, 0.25) is 0 Å². The van der Waals surface area contributed by atoms with E-state index in [0.29, 0.717) is 30.2 Å². The Morgan fingerprint density at radius 1 is 0.833 bits per heavy atom. The molecule has 2 N–H and O–H groups in total. The van der Waals surface area contributed by atoms with Gasteiger partial charge in [-0.25, -0.2) is 4.79 Å². The lowest BCUT2D eigenvalue weighted by Crippen LogP contribution is -2.46. The molecule has 0 aliphatic carbocycles. The van der Waals surface area contributed by atoms with Gasteiger partial charge in [0.2, 0.25) is 11.8 Å². The number of amides is 5. The van der Waals surface area contributed by atoms with Crippen LogP contribution in [0.3, 0.4) is 0 Å². The zero-order chi connectivity index (χ0) is 30.5. The monoisotopic (exact) mass is 573 g/mol. The SMILES string of the molecule is CCCN(CC)C(=O)COc1ccccc1N(CC(=O)N(C)c1ccccc1)C(=O)CNC(=O)Nc1cccc(C)c1. The fraction of sp³-hybridized carbons (Fsp3) is 0.312. The van der Waals surface area contributed by atoms with Crippen LogP contribution < -0.4 is 25.2 Å². The zero-order valence-corrected chi connectivity index (χ0v) is 24.6. The number of ether oxygens (including phenoxy) is 1. The topological polar surface area (TPSA) is 111 Å². The summed E-state index contributed by atoms with van der Waals surface area (Å²) < 4.78 is 5.89. The Labute approximate surface area is 247 Å². The first-order valence-electron chi connectivity index (χ1n) is 14.0. The molecule has 10 heteroatoms. The molecule has 0 aliphatic heterocycles. The van der Waals surface area contributed by atoms with E-state index in [0.717, 1.165) is 12.0 Å². The number of nitrogens with one attached hydrogen (secondary N) is 2. The smallest absolute Gasteiger partial charge is 0.319 e. The molecule has 0 bridgehead atoms. The Morgan fingerprint density at radius 3 is 2.24 bits per heavy atom. The predicted molar refractivity (Wildman–Crippen MR) is 165 cm³/mol. The molecule has 0 fully saturated rings. The number of hydrogen-bond acceptors (Lipinski definition) is 5. The molecule has 0 radical (unpaired) electrons. The number of likely N-dealkylation sites (N-methyl/N-ethyl adjacent to an activating group) is 2. The van der Waals surface area contributed by atoms with Crippen molar-refractivity contribution in [3.63, 3.8) is 0 Å². The average molecular weight is 574 g/mol. The summed E-state index contributed by atoms with van der Waals surface area (Å²) in [5.41, 5.74) is 2.54. The van der Waals surface area contributed by atoms with Gasteiger partial charge in [-0.1, -0.05) is 49.4 Å². The second-order valence-corrected chi connectivity index (χ2v) is 9.68. The van der Waals surface area contributed by atoms with E-state index in [-0.39, 0.29) is 37.3 Å². The van der Waals surface area contributed by atoms with Gasteiger partial charge >= 0.3 is 6.03 Å². The zero-order valence-electron chi connectivity index (χ0n) is 24.6. The maximum absolute atomic E-state index is 13.6. The molecule has 0 heterocycles. The Kier molecular flexibility index (Phi) is 11.9. The lowest BCUT2D eigenvalue weighted by molar-refractivity contribution is -0.133. The third-order valence-electron chi connectivity index (χ3n) is 6.52. The number of para-hydroxylation sites is 3. The lowest BCUT2D eigenvalue weighted by atomic mass is 10.2. The molecule has 5 amide bonds. The minimum Gasteiger partial charge on any atom is -0.482 e. The summed E-state index contributed by atoms with van der Waals surface area (Å²) in [5.74, 6) is -0.801. The molecular weight excluding hydrogens is 534 g/mol. The second-order valence-electron chi connectivity index (χ2n) is 9.68. The maximum Gasteiger partial charge on any atom is 0.319 e. The van der Waals surface area contributed by atoms with Gasteiger partial charge in [0.1, 0.15) is 12.3 Å². The van der Waals surface area contributed by atoms with Crippen LogP contribution in [0.4, 0.5) is 21.9 Å². The molecule has 0 aliphatic rings. The van der Waals surface area contributed by atoms with Crippen molar-refractivity contribution in [2.45, 2.75) is 27.2 Å². The molecule has 0 aromatic heterocycles. The fourth-order valence-corrected chi connectivity index (χ4v) is 4.26. The van der Waals surface area contributed by atoms with Gasteiger partial charge in [0.25, 0.3) is 5.91 Å². The molecule has 3 aromatic rings. The highest BCUT2D eigenvalue weighted by Gasteiger charge is 2.25. The number of rotatable bonds is 13. The van der Waals surface area contributed by atoms with Gasteiger partial charge in [-0.15, -0.1) is 0 Å². The Bertz CT molecular complexity index is 1360. The lowest BCUT2D eigenvalue weighted by Gasteiger charge is -2.27. The molecule has 0 atom stereocenters. The van der Waals surface area contributed by atoms with Gasteiger partial charge in [0.05, 0.1) is 12.2 Å². The fourth-order valence-electron chi connectivity index (χ4n) is 4.26. The van der Waals surface area contributed by atoms with Crippen LogP contribution in [0.15, 0.2) is 78.9 Å². The minimum absolute atomic E-state index is 0.179. The van der Waals surface area contributed by atoms with Gasteiger partial charge in [0, 0.05) is 31.5 Å². The van der Waals surface area contributed by atoms with Crippen molar-refractivity contribution in [2.24, 2.45) is 0 Å². The van der Waals surface area contributed by atoms with Gasteiger partial charge in [-0.05, 0) is 62.2 Å². The summed E-state index contributed by atoms with van der Waals surface area (Å²) in [4.78, 5) is 56.6. The van der Waals surface area contributed by atoms with Crippen LogP contribution in [-0.2, 0) is 14.4 Å². The number of aryl methyl sites for hydroxylation is 1. The van der Waals surface area contributed by atoms with Crippen LogP contribution in [0.5, 0.6) is 5.75 Å². The molecule has 222 valence electrons. The third-order valence-corrected chi connectivity index (χ3v) is 6.52.